The number of nitrogens with one attached hydrogen (secondary N) is 4. The number of piperidine rings is 1. The van der Waals surface area contributed by atoms with Crippen molar-refractivity contribution in [3.8, 4) is 0 Å². The van der Waals surface area contributed by atoms with Crippen LogP contribution in [0.15, 0.2) is 0 Å². The van der Waals surface area contributed by atoms with E-state index in [4.69, 9.17) is 9.47 Å². The van der Waals surface area contributed by atoms with Crippen LogP contribution in [0.3, 0.4) is 0 Å². The fourth-order valence-electron chi connectivity index (χ4n) is 5.19. The Morgan fingerprint density at radius 2 is 2.00 bits per heavy atom. The Morgan fingerprint density at radius 1 is 1.04 bits per heavy atom. The van der Waals surface area contributed by atoms with Gasteiger partial charge >= 0.3 is 0 Å². The Morgan fingerprint density at radius 3 is 2.96 bits per heavy atom. The van der Waals surface area contributed by atoms with E-state index in [1.165, 1.54) is 25.7 Å². The summed E-state index contributed by atoms with van der Waals surface area (Å²) in [6.45, 7) is 5.70. The average Bonchev–Trinajstić information content (AvgIpc) is 3.01. The third-order valence-corrected chi connectivity index (χ3v) is 6.44. The molecule has 0 aromatic rings. The van der Waals surface area contributed by atoms with E-state index in [-0.39, 0.29) is 0 Å². The molecule has 0 radical (unpaired) electrons. The second kappa shape index (κ2) is 7.98. The van der Waals surface area contributed by atoms with Crippen LogP contribution < -0.4 is 21.5 Å². The van der Waals surface area contributed by atoms with Gasteiger partial charge < -0.3 is 9.47 Å². The van der Waals surface area contributed by atoms with E-state index in [2.05, 4.69) is 28.4 Å². The highest BCUT2D eigenvalue weighted by atomic mass is 16.5. The van der Waals surface area contributed by atoms with Crippen LogP contribution in [-0.2, 0) is 9.47 Å². The summed E-state index contributed by atoms with van der Waals surface area (Å²) < 4.78 is 12.2. The van der Waals surface area contributed by atoms with Crippen LogP contribution in [0.5, 0.6) is 0 Å². The van der Waals surface area contributed by atoms with Crippen LogP contribution in [0.2, 0.25) is 0 Å². The van der Waals surface area contributed by atoms with Crippen LogP contribution in [0.1, 0.15) is 45.4 Å². The summed E-state index contributed by atoms with van der Waals surface area (Å²) >= 11 is 0. The normalized spacial score (nSPS) is 47.6. The molecule has 6 nitrogen and oxygen atoms in total. The van der Waals surface area contributed by atoms with Crippen LogP contribution >= 0.6 is 0 Å². The molecule has 3 heterocycles. The van der Waals surface area contributed by atoms with Crippen molar-refractivity contribution in [1.29, 1.82) is 0 Å². The smallest absolute Gasteiger partial charge is 0.0965 e. The first-order valence-electron chi connectivity index (χ1n) is 9.98. The van der Waals surface area contributed by atoms with Crippen LogP contribution in [0.4, 0.5) is 0 Å². The van der Waals surface area contributed by atoms with E-state index in [0.29, 0.717) is 37.1 Å². The Bertz CT molecular complexity index is 410. The maximum atomic E-state index is 6.33. The van der Waals surface area contributed by atoms with Crippen molar-refractivity contribution in [2.45, 2.75) is 69.9 Å². The van der Waals surface area contributed by atoms with E-state index in [0.717, 1.165) is 44.4 Å². The van der Waals surface area contributed by atoms with Gasteiger partial charge in [-0.15, -0.1) is 0 Å². The fourth-order valence-corrected chi connectivity index (χ4v) is 5.19. The molecular formula is C18H34N4O2. The van der Waals surface area contributed by atoms with Crippen molar-refractivity contribution in [3.05, 3.63) is 0 Å². The molecule has 4 N–H and O–H groups in total. The molecule has 6 unspecified atom stereocenters. The Hall–Kier alpha value is -0.240. The summed E-state index contributed by atoms with van der Waals surface area (Å²) in [5.41, 5.74) is 7.13. The number of fused-ring (bicyclic) bond motifs is 4. The predicted molar refractivity (Wildman–Crippen MR) is 93.2 cm³/mol. The van der Waals surface area contributed by atoms with Crippen LogP contribution in [-0.4, -0.2) is 50.8 Å². The molecule has 0 aromatic heterocycles. The van der Waals surface area contributed by atoms with Crippen molar-refractivity contribution < 1.29 is 9.47 Å². The molecule has 4 fully saturated rings. The van der Waals surface area contributed by atoms with Gasteiger partial charge in [0.2, 0.25) is 0 Å². The molecule has 1 aliphatic carbocycles. The number of ether oxygens (including phenoxy) is 2. The average molecular weight is 338 g/mol. The highest BCUT2D eigenvalue weighted by molar-refractivity contribution is 4.99. The monoisotopic (exact) mass is 338 g/mol. The highest BCUT2D eigenvalue weighted by Crippen LogP contribution is 2.38. The number of hydrazine groups is 1. The Balaban J connectivity index is 1.46. The van der Waals surface area contributed by atoms with E-state index >= 15 is 0 Å². The van der Waals surface area contributed by atoms with Gasteiger partial charge in [0, 0.05) is 18.5 Å². The Kier molecular flexibility index (Phi) is 5.71. The molecular weight excluding hydrogens is 304 g/mol. The van der Waals surface area contributed by atoms with Crippen molar-refractivity contribution in [2.75, 3.05) is 26.4 Å². The molecule has 4 bridgehead atoms. The third-order valence-electron chi connectivity index (χ3n) is 6.44. The zero-order valence-electron chi connectivity index (χ0n) is 14.9. The van der Waals surface area contributed by atoms with Gasteiger partial charge in [-0.3, -0.25) is 16.1 Å². The van der Waals surface area contributed by atoms with E-state index < -0.39 is 0 Å². The lowest BCUT2D eigenvalue weighted by atomic mass is 9.73. The molecule has 24 heavy (non-hydrogen) atoms. The first-order chi connectivity index (χ1) is 11.8. The summed E-state index contributed by atoms with van der Waals surface area (Å²) in [5.74, 6) is 2.11. The van der Waals surface area contributed by atoms with Gasteiger partial charge in [0.05, 0.1) is 31.7 Å². The van der Waals surface area contributed by atoms with Gasteiger partial charge in [-0.05, 0) is 57.4 Å². The molecule has 3 aliphatic heterocycles. The van der Waals surface area contributed by atoms with Crippen molar-refractivity contribution in [3.63, 3.8) is 0 Å². The summed E-state index contributed by atoms with van der Waals surface area (Å²) in [5, 5.41) is 7.06. The second-order valence-electron chi connectivity index (χ2n) is 8.27. The molecule has 1 saturated carbocycles. The number of hydrogen-bond donors (Lipinski definition) is 4. The number of hydrogen-bond acceptors (Lipinski definition) is 6. The minimum absolute atomic E-state index is 0.297. The van der Waals surface area contributed by atoms with Crippen molar-refractivity contribution >= 4 is 0 Å². The lowest BCUT2D eigenvalue weighted by Crippen LogP contribution is -2.53. The topological polar surface area (TPSA) is 66.6 Å². The fraction of sp³-hybridized carbons (Fsp3) is 1.00. The van der Waals surface area contributed by atoms with E-state index in [1.54, 1.807) is 0 Å². The lowest BCUT2D eigenvalue weighted by Gasteiger charge is -2.39. The van der Waals surface area contributed by atoms with Gasteiger partial charge in [-0.2, -0.15) is 0 Å². The molecule has 0 spiro atoms. The largest absolute Gasteiger partial charge is 0.374 e. The van der Waals surface area contributed by atoms with Crippen molar-refractivity contribution in [1.82, 2.24) is 21.5 Å². The lowest BCUT2D eigenvalue weighted by molar-refractivity contribution is -0.0368. The predicted octanol–water partition coefficient (Wildman–Crippen LogP) is 0.946. The number of rotatable bonds is 0. The summed E-state index contributed by atoms with van der Waals surface area (Å²) in [6, 6.07) is 0.565. The second-order valence-corrected chi connectivity index (χ2v) is 8.27. The van der Waals surface area contributed by atoms with E-state index in [1.807, 2.05) is 0 Å². The summed E-state index contributed by atoms with van der Waals surface area (Å²) in [7, 11) is 0. The molecule has 6 heteroatoms. The standard InChI is InChI=1S/C18H34N4O2/c1-12-5-6-19-11-23-10-13-3-2-4-14(7-13)17-16-8-15(24-12)9-20-18(16)22-21-17/h12-22H,2-11H2,1H3/t12-,13?,14?,15?,16?,17?,18?/m1/s1. The summed E-state index contributed by atoms with van der Waals surface area (Å²) in [6.07, 6.45) is 8.55. The molecule has 138 valence electrons. The first kappa shape index (κ1) is 17.2. The van der Waals surface area contributed by atoms with Gasteiger partial charge in [-0.1, -0.05) is 6.42 Å². The summed E-state index contributed by atoms with van der Waals surface area (Å²) in [4.78, 5) is 0. The van der Waals surface area contributed by atoms with Crippen LogP contribution in [0, 0.1) is 17.8 Å². The molecule has 0 aromatic carbocycles. The molecule has 7 atom stereocenters. The van der Waals surface area contributed by atoms with Gasteiger partial charge in [0.25, 0.3) is 0 Å². The minimum atomic E-state index is 0.297. The molecule has 3 saturated heterocycles. The SMILES string of the molecule is C[C@@H]1CCNCOCC2CCCC(C2)C2NNC3NCC(CC32)O1. The van der Waals surface area contributed by atoms with Gasteiger partial charge in [-0.25, -0.2) is 5.43 Å². The molecule has 0 amide bonds. The van der Waals surface area contributed by atoms with Gasteiger partial charge in [0.1, 0.15) is 0 Å². The zero-order valence-corrected chi connectivity index (χ0v) is 14.9. The zero-order chi connectivity index (χ0) is 16.4. The maximum Gasteiger partial charge on any atom is 0.0965 e. The van der Waals surface area contributed by atoms with Crippen molar-refractivity contribution in [2.24, 2.45) is 17.8 Å². The van der Waals surface area contributed by atoms with E-state index in [9.17, 15) is 0 Å². The first-order valence-corrected chi connectivity index (χ1v) is 9.98. The minimum Gasteiger partial charge on any atom is -0.374 e. The molecule has 4 rings (SSSR count). The van der Waals surface area contributed by atoms with Crippen LogP contribution in [0.25, 0.3) is 0 Å². The highest BCUT2D eigenvalue weighted by Gasteiger charge is 2.44. The third kappa shape index (κ3) is 3.94. The quantitative estimate of drug-likeness (QED) is 0.527. The molecule has 4 aliphatic rings. The Labute approximate surface area is 145 Å². The van der Waals surface area contributed by atoms with Gasteiger partial charge in [0.15, 0.2) is 0 Å². The maximum absolute atomic E-state index is 6.33.